The van der Waals surface area contributed by atoms with E-state index in [1.54, 1.807) is 37.5 Å². The fourth-order valence-corrected chi connectivity index (χ4v) is 2.55. The van der Waals surface area contributed by atoms with Crippen LogP contribution in [-0.4, -0.2) is 27.0 Å². The number of hydrogen-bond acceptors (Lipinski definition) is 6. The smallest absolute Gasteiger partial charge is 0.274 e. The van der Waals surface area contributed by atoms with E-state index in [0.717, 1.165) is 11.3 Å². The number of ether oxygens (including phenoxy) is 1. The molecule has 0 saturated heterocycles. The van der Waals surface area contributed by atoms with Crippen LogP contribution in [0.5, 0.6) is 5.75 Å². The van der Waals surface area contributed by atoms with Gasteiger partial charge >= 0.3 is 0 Å². The number of rotatable bonds is 7. The molecule has 0 unspecified atom stereocenters. The number of carbonyl (C=O) groups is 1. The van der Waals surface area contributed by atoms with E-state index in [9.17, 15) is 4.79 Å². The van der Waals surface area contributed by atoms with Crippen LogP contribution < -0.4 is 15.4 Å². The van der Waals surface area contributed by atoms with Crippen molar-refractivity contribution in [3.05, 3.63) is 71.9 Å². The molecular weight excluding hydrogens is 354 g/mol. The summed E-state index contributed by atoms with van der Waals surface area (Å²) < 4.78 is 5.61. The Morgan fingerprint density at radius 2 is 1.79 bits per heavy atom. The van der Waals surface area contributed by atoms with Crippen LogP contribution in [0.3, 0.4) is 0 Å². The predicted octanol–water partition coefficient (Wildman–Crippen LogP) is 3.83. The van der Waals surface area contributed by atoms with E-state index in [0.29, 0.717) is 29.6 Å². The van der Waals surface area contributed by atoms with E-state index in [4.69, 9.17) is 4.74 Å². The molecule has 7 heteroatoms. The molecule has 2 heterocycles. The summed E-state index contributed by atoms with van der Waals surface area (Å²) in [7, 11) is 0. The highest BCUT2D eigenvalue weighted by Crippen LogP contribution is 2.18. The van der Waals surface area contributed by atoms with Crippen LogP contribution in [0, 0.1) is 6.92 Å². The third kappa shape index (κ3) is 5.51. The average molecular weight is 377 g/mol. The van der Waals surface area contributed by atoms with Gasteiger partial charge in [0, 0.05) is 30.7 Å². The number of nitrogens with zero attached hydrogens (tertiary/aromatic N) is 3. The number of pyridine rings is 1. The molecular formula is C21H23N5O2. The maximum absolute atomic E-state index is 12.6. The SMILES string of the molecule is Cc1nc(NCc2ccncc2)cc(C(=O)Nc2ccc(OC(C)C)cc2)n1. The fourth-order valence-electron chi connectivity index (χ4n) is 2.55. The summed E-state index contributed by atoms with van der Waals surface area (Å²) in [4.78, 5) is 25.2. The maximum Gasteiger partial charge on any atom is 0.274 e. The minimum atomic E-state index is -0.296. The highest BCUT2D eigenvalue weighted by Gasteiger charge is 2.11. The van der Waals surface area contributed by atoms with Gasteiger partial charge in [0.1, 0.15) is 23.1 Å². The van der Waals surface area contributed by atoms with Crippen molar-refractivity contribution >= 4 is 17.4 Å². The quantitative estimate of drug-likeness (QED) is 0.650. The second kappa shape index (κ2) is 8.94. The number of benzene rings is 1. The van der Waals surface area contributed by atoms with Gasteiger partial charge in [0.25, 0.3) is 5.91 Å². The first-order valence-electron chi connectivity index (χ1n) is 9.06. The van der Waals surface area contributed by atoms with Gasteiger partial charge in [-0.3, -0.25) is 9.78 Å². The molecule has 0 aliphatic rings. The summed E-state index contributed by atoms with van der Waals surface area (Å²) in [6.45, 7) is 6.27. The van der Waals surface area contributed by atoms with Crippen molar-refractivity contribution in [2.45, 2.75) is 33.4 Å². The minimum absolute atomic E-state index is 0.0995. The molecule has 0 aliphatic heterocycles. The Bertz CT molecular complexity index is 927. The molecule has 0 bridgehead atoms. The molecule has 1 aromatic carbocycles. The number of nitrogens with one attached hydrogen (secondary N) is 2. The van der Waals surface area contributed by atoms with E-state index in [1.165, 1.54) is 0 Å². The van der Waals surface area contributed by atoms with Gasteiger partial charge in [-0.1, -0.05) is 0 Å². The molecule has 0 fully saturated rings. The lowest BCUT2D eigenvalue weighted by Gasteiger charge is -2.11. The average Bonchev–Trinajstić information content (AvgIpc) is 2.68. The summed E-state index contributed by atoms with van der Waals surface area (Å²) in [5.74, 6) is 1.57. The molecule has 7 nitrogen and oxygen atoms in total. The van der Waals surface area contributed by atoms with Crippen LogP contribution >= 0.6 is 0 Å². The number of carbonyl (C=O) groups excluding carboxylic acids is 1. The summed E-state index contributed by atoms with van der Waals surface area (Å²) in [5, 5.41) is 6.06. The molecule has 1 amide bonds. The Labute approximate surface area is 164 Å². The van der Waals surface area contributed by atoms with Gasteiger partial charge in [-0.05, 0) is 62.7 Å². The van der Waals surface area contributed by atoms with Gasteiger partial charge in [-0.2, -0.15) is 0 Å². The van der Waals surface area contributed by atoms with Gasteiger partial charge < -0.3 is 15.4 Å². The summed E-state index contributed by atoms with van der Waals surface area (Å²) in [6, 6.07) is 12.7. The fraction of sp³-hybridized carbons (Fsp3) is 0.238. The lowest BCUT2D eigenvalue weighted by atomic mass is 10.2. The van der Waals surface area contributed by atoms with Crippen molar-refractivity contribution in [2.24, 2.45) is 0 Å². The van der Waals surface area contributed by atoms with Gasteiger partial charge in [0.15, 0.2) is 0 Å². The highest BCUT2D eigenvalue weighted by molar-refractivity contribution is 6.03. The molecule has 2 N–H and O–H groups in total. The Morgan fingerprint density at radius 1 is 1.07 bits per heavy atom. The number of anilines is 2. The van der Waals surface area contributed by atoms with Crippen molar-refractivity contribution in [2.75, 3.05) is 10.6 Å². The zero-order valence-electron chi connectivity index (χ0n) is 16.1. The molecule has 0 radical (unpaired) electrons. The lowest BCUT2D eigenvalue weighted by Crippen LogP contribution is -2.16. The molecule has 3 aromatic rings. The van der Waals surface area contributed by atoms with Crippen LogP contribution in [0.2, 0.25) is 0 Å². The predicted molar refractivity (Wildman–Crippen MR) is 108 cm³/mol. The summed E-state index contributed by atoms with van der Waals surface area (Å²) >= 11 is 0. The first-order chi connectivity index (χ1) is 13.5. The van der Waals surface area contributed by atoms with Crippen molar-refractivity contribution in [3.8, 4) is 5.75 Å². The van der Waals surface area contributed by atoms with E-state index in [2.05, 4.69) is 25.6 Å². The molecule has 0 spiro atoms. The number of aryl methyl sites for hydroxylation is 1. The molecule has 0 atom stereocenters. The topological polar surface area (TPSA) is 89.0 Å². The maximum atomic E-state index is 12.6. The van der Waals surface area contributed by atoms with Gasteiger partial charge in [0.05, 0.1) is 6.10 Å². The first-order valence-corrected chi connectivity index (χ1v) is 9.06. The monoisotopic (exact) mass is 377 g/mol. The molecule has 3 rings (SSSR count). The van der Waals surface area contributed by atoms with E-state index >= 15 is 0 Å². The lowest BCUT2D eigenvalue weighted by molar-refractivity contribution is 0.102. The zero-order valence-corrected chi connectivity index (χ0v) is 16.1. The van der Waals surface area contributed by atoms with Crippen molar-refractivity contribution in [3.63, 3.8) is 0 Å². The zero-order chi connectivity index (χ0) is 19.9. The molecule has 0 aliphatic carbocycles. The largest absolute Gasteiger partial charge is 0.491 e. The Balaban J connectivity index is 1.66. The number of amides is 1. The summed E-state index contributed by atoms with van der Waals surface area (Å²) in [6.07, 6.45) is 3.57. The van der Waals surface area contributed by atoms with Crippen molar-refractivity contribution in [1.29, 1.82) is 0 Å². The second-order valence-electron chi connectivity index (χ2n) is 6.54. The number of aromatic nitrogens is 3. The standard InChI is InChI=1S/C21H23N5O2/c1-14(2)28-18-6-4-17(5-7-18)26-21(27)19-12-20(25-15(3)24-19)23-13-16-8-10-22-11-9-16/h4-12,14H,13H2,1-3H3,(H,26,27)(H,23,24,25). The molecule has 2 aromatic heterocycles. The van der Waals surface area contributed by atoms with Crippen LogP contribution in [0.4, 0.5) is 11.5 Å². The van der Waals surface area contributed by atoms with Gasteiger partial charge in [-0.15, -0.1) is 0 Å². The third-order valence-electron chi connectivity index (χ3n) is 3.78. The molecule has 28 heavy (non-hydrogen) atoms. The third-order valence-corrected chi connectivity index (χ3v) is 3.78. The van der Waals surface area contributed by atoms with Crippen LogP contribution in [0.1, 0.15) is 35.7 Å². The van der Waals surface area contributed by atoms with E-state index in [-0.39, 0.29) is 12.0 Å². The number of hydrogen-bond donors (Lipinski definition) is 2. The van der Waals surface area contributed by atoms with E-state index < -0.39 is 0 Å². The normalized spacial score (nSPS) is 10.6. The van der Waals surface area contributed by atoms with Crippen molar-refractivity contribution < 1.29 is 9.53 Å². The highest BCUT2D eigenvalue weighted by atomic mass is 16.5. The Hall–Kier alpha value is -3.48. The van der Waals surface area contributed by atoms with Crippen LogP contribution in [0.25, 0.3) is 0 Å². The Kier molecular flexibility index (Phi) is 6.16. The van der Waals surface area contributed by atoms with Gasteiger partial charge in [-0.25, -0.2) is 9.97 Å². The molecule has 0 saturated carbocycles. The van der Waals surface area contributed by atoms with Crippen molar-refractivity contribution in [1.82, 2.24) is 15.0 Å². The molecule has 144 valence electrons. The van der Waals surface area contributed by atoms with Gasteiger partial charge in [0.2, 0.25) is 0 Å². The summed E-state index contributed by atoms with van der Waals surface area (Å²) in [5.41, 5.74) is 2.04. The Morgan fingerprint density at radius 3 is 2.46 bits per heavy atom. The van der Waals surface area contributed by atoms with E-state index in [1.807, 2.05) is 38.1 Å². The van der Waals surface area contributed by atoms with Crippen LogP contribution in [-0.2, 0) is 6.54 Å². The van der Waals surface area contributed by atoms with Crippen LogP contribution in [0.15, 0.2) is 54.9 Å². The first kappa shape index (κ1) is 19.3. The minimum Gasteiger partial charge on any atom is -0.491 e. The second-order valence-corrected chi connectivity index (χ2v) is 6.54.